The van der Waals surface area contributed by atoms with E-state index < -0.39 is 0 Å². The van der Waals surface area contributed by atoms with Crippen LogP contribution < -0.4 is 5.73 Å². The van der Waals surface area contributed by atoms with Gasteiger partial charge in [0.15, 0.2) is 5.78 Å². The van der Waals surface area contributed by atoms with E-state index in [0.717, 1.165) is 12.0 Å². The highest BCUT2D eigenvalue weighted by atomic mass is 35.5. The van der Waals surface area contributed by atoms with Crippen LogP contribution in [0.2, 0.25) is 5.02 Å². The Bertz CT molecular complexity index is 593. The van der Waals surface area contributed by atoms with Gasteiger partial charge in [0.2, 0.25) is 0 Å². The number of para-hydroxylation sites is 1. The maximum atomic E-state index is 12.3. The molecule has 0 saturated carbocycles. The molecule has 0 amide bonds. The number of hydrogen-bond acceptors (Lipinski definition) is 2. The Morgan fingerprint density at radius 3 is 2.61 bits per heavy atom. The SMILES string of the molecule is CCc1cccc(C(=O)c2cccc(Cl)c2)c1N. The van der Waals surface area contributed by atoms with Crippen molar-refractivity contribution in [3.05, 3.63) is 64.2 Å². The summed E-state index contributed by atoms with van der Waals surface area (Å²) in [6.45, 7) is 2.01. The van der Waals surface area contributed by atoms with Crippen LogP contribution in [0.3, 0.4) is 0 Å². The quantitative estimate of drug-likeness (QED) is 0.674. The van der Waals surface area contributed by atoms with Crippen LogP contribution in [0, 0.1) is 0 Å². The molecule has 0 aliphatic rings. The number of carbonyl (C=O) groups excluding carboxylic acids is 1. The Labute approximate surface area is 111 Å². The molecule has 92 valence electrons. The highest BCUT2D eigenvalue weighted by Crippen LogP contribution is 2.22. The lowest BCUT2D eigenvalue weighted by Gasteiger charge is -2.09. The van der Waals surface area contributed by atoms with Gasteiger partial charge in [-0.3, -0.25) is 4.79 Å². The van der Waals surface area contributed by atoms with Crippen molar-refractivity contribution in [2.24, 2.45) is 0 Å². The molecule has 0 bridgehead atoms. The monoisotopic (exact) mass is 259 g/mol. The predicted molar refractivity (Wildman–Crippen MR) is 75.1 cm³/mol. The number of nitrogen functional groups attached to an aromatic ring is 1. The number of carbonyl (C=O) groups is 1. The van der Waals surface area contributed by atoms with Gasteiger partial charge >= 0.3 is 0 Å². The highest BCUT2D eigenvalue weighted by Gasteiger charge is 2.14. The number of hydrogen-bond donors (Lipinski definition) is 1. The first kappa shape index (κ1) is 12.7. The van der Waals surface area contributed by atoms with E-state index in [0.29, 0.717) is 21.8 Å². The number of benzene rings is 2. The minimum Gasteiger partial charge on any atom is -0.398 e. The van der Waals surface area contributed by atoms with Crippen LogP contribution in [-0.2, 0) is 6.42 Å². The minimum absolute atomic E-state index is 0.0923. The van der Waals surface area contributed by atoms with E-state index in [2.05, 4.69) is 0 Å². The molecular weight excluding hydrogens is 246 g/mol. The lowest BCUT2D eigenvalue weighted by atomic mass is 9.98. The third kappa shape index (κ3) is 2.39. The molecule has 0 aliphatic heterocycles. The van der Waals surface area contributed by atoms with Crippen LogP contribution in [0.15, 0.2) is 42.5 Å². The minimum atomic E-state index is -0.0923. The average molecular weight is 260 g/mol. The normalized spacial score (nSPS) is 10.3. The zero-order chi connectivity index (χ0) is 13.1. The van der Waals surface area contributed by atoms with Crippen molar-refractivity contribution >= 4 is 23.1 Å². The van der Waals surface area contributed by atoms with Crippen LogP contribution in [0.25, 0.3) is 0 Å². The number of nitrogens with two attached hydrogens (primary N) is 1. The molecule has 18 heavy (non-hydrogen) atoms. The van der Waals surface area contributed by atoms with Gasteiger partial charge in [-0.15, -0.1) is 0 Å². The number of halogens is 1. The largest absolute Gasteiger partial charge is 0.398 e. The third-order valence-corrected chi connectivity index (χ3v) is 3.14. The fourth-order valence-corrected chi connectivity index (χ4v) is 2.09. The van der Waals surface area contributed by atoms with Crippen LogP contribution in [0.5, 0.6) is 0 Å². The summed E-state index contributed by atoms with van der Waals surface area (Å²) in [5, 5.41) is 0.547. The lowest BCUT2D eigenvalue weighted by molar-refractivity contribution is 0.103. The Hall–Kier alpha value is -1.80. The van der Waals surface area contributed by atoms with Crippen LogP contribution in [0.4, 0.5) is 5.69 Å². The van der Waals surface area contributed by atoms with E-state index in [1.807, 2.05) is 19.1 Å². The van der Waals surface area contributed by atoms with Crippen LogP contribution in [0.1, 0.15) is 28.4 Å². The Balaban J connectivity index is 2.46. The number of aryl methyl sites for hydroxylation is 1. The van der Waals surface area contributed by atoms with E-state index in [1.54, 1.807) is 30.3 Å². The van der Waals surface area contributed by atoms with Crippen LogP contribution in [-0.4, -0.2) is 5.78 Å². The summed E-state index contributed by atoms with van der Waals surface area (Å²) < 4.78 is 0. The van der Waals surface area contributed by atoms with Gasteiger partial charge in [-0.25, -0.2) is 0 Å². The number of ketones is 1. The summed E-state index contributed by atoms with van der Waals surface area (Å²) in [7, 11) is 0. The predicted octanol–water partition coefficient (Wildman–Crippen LogP) is 3.72. The number of rotatable bonds is 3. The molecule has 2 N–H and O–H groups in total. The standard InChI is InChI=1S/C15H14ClNO/c1-2-10-5-4-8-13(14(10)17)15(18)11-6-3-7-12(16)9-11/h3-9H,2,17H2,1H3. The molecule has 2 nitrogen and oxygen atoms in total. The Morgan fingerprint density at radius 1 is 1.22 bits per heavy atom. The summed E-state index contributed by atoms with van der Waals surface area (Å²) in [5.41, 5.74) is 8.66. The fraction of sp³-hybridized carbons (Fsp3) is 0.133. The average Bonchev–Trinajstić information content (AvgIpc) is 2.38. The van der Waals surface area contributed by atoms with Crippen molar-refractivity contribution in [2.75, 3.05) is 5.73 Å². The van der Waals surface area contributed by atoms with Crippen LogP contribution >= 0.6 is 11.6 Å². The molecule has 0 spiro atoms. The first-order valence-electron chi connectivity index (χ1n) is 5.81. The van der Waals surface area contributed by atoms with Crippen molar-refractivity contribution in [3.63, 3.8) is 0 Å². The summed E-state index contributed by atoms with van der Waals surface area (Å²) in [6, 6.07) is 12.4. The van der Waals surface area contributed by atoms with Crippen molar-refractivity contribution in [2.45, 2.75) is 13.3 Å². The topological polar surface area (TPSA) is 43.1 Å². The molecule has 0 heterocycles. The molecule has 0 fully saturated rings. The van der Waals surface area contributed by atoms with Gasteiger partial charge in [0.25, 0.3) is 0 Å². The molecule has 2 aromatic carbocycles. The molecule has 0 aromatic heterocycles. The fourth-order valence-electron chi connectivity index (χ4n) is 1.90. The van der Waals surface area contributed by atoms with Gasteiger partial charge < -0.3 is 5.73 Å². The Kier molecular flexibility index (Phi) is 3.68. The molecule has 2 aromatic rings. The maximum Gasteiger partial charge on any atom is 0.195 e. The second kappa shape index (κ2) is 5.23. The molecule has 2 rings (SSSR count). The molecule has 0 unspecified atom stereocenters. The van der Waals surface area contributed by atoms with Crippen molar-refractivity contribution in [1.29, 1.82) is 0 Å². The van der Waals surface area contributed by atoms with E-state index in [9.17, 15) is 4.79 Å². The third-order valence-electron chi connectivity index (χ3n) is 2.91. The summed E-state index contributed by atoms with van der Waals surface area (Å²) in [6.07, 6.45) is 0.808. The Morgan fingerprint density at radius 2 is 1.94 bits per heavy atom. The van der Waals surface area contributed by atoms with Gasteiger partial charge in [0, 0.05) is 21.8 Å². The molecule has 0 radical (unpaired) electrons. The van der Waals surface area contributed by atoms with E-state index in [4.69, 9.17) is 17.3 Å². The van der Waals surface area contributed by atoms with Gasteiger partial charge in [-0.1, -0.05) is 42.8 Å². The second-order valence-electron chi connectivity index (χ2n) is 4.07. The molecular formula is C15H14ClNO. The lowest BCUT2D eigenvalue weighted by Crippen LogP contribution is -2.07. The second-order valence-corrected chi connectivity index (χ2v) is 4.51. The molecule has 0 atom stereocenters. The van der Waals surface area contributed by atoms with Crippen molar-refractivity contribution < 1.29 is 4.79 Å². The van der Waals surface area contributed by atoms with Gasteiger partial charge in [-0.2, -0.15) is 0 Å². The zero-order valence-electron chi connectivity index (χ0n) is 10.1. The smallest absolute Gasteiger partial charge is 0.195 e. The number of anilines is 1. The first-order chi connectivity index (χ1) is 8.63. The summed E-state index contributed by atoms with van der Waals surface area (Å²) in [5.74, 6) is -0.0923. The van der Waals surface area contributed by atoms with Crippen molar-refractivity contribution in [3.8, 4) is 0 Å². The zero-order valence-corrected chi connectivity index (χ0v) is 10.9. The van der Waals surface area contributed by atoms with E-state index in [1.165, 1.54) is 0 Å². The van der Waals surface area contributed by atoms with Gasteiger partial charge in [0.1, 0.15) is 0 Å². The highest BCUT2D eigenvalue weighted by molar-refractivity contribution is 6.31. The summed E-state index contributed by atoms with van der Waals surface area (Å²) >= 11 is 5.89. The van der Waals surface area contributed by atoms with Crippen molar-refractivity contribution in [1.82, 2.24) is 0 Å². The maximum absolute atomic E-state index is 12.3. The molecule has 0 saturated heterocycles. The van der Waals surface area contributed by atoms with E-state index >= 15 is 0 Å². The van der Waals surface area contributed by atoms with Gasteiger partial charge in [-0.05, 0) is 30.2 Å². The molecule has 3 heteroatoms. The first-order valence-corrected chi connectivity index (χ1v) is 6.19. The van der Waals surface area contributed by atoms with E-state index in [-0.39, 0.29) is 5.78 Å². The summed E-state index contributed by atoms with van der Waals surface area (Å²) in [4.78, 5) is 12.3. The van der Waals surface area contributed by atoms with Gasteiger partial charge in [0.05, 0.1) is 0 Å². The molecule has 0 aliphatic carbocycles.